The standard InChI is InChI=1S/C15H14BrF2NO/c1-9(6-10-2-4-12(20)5-3-10)19-15-13(17)7-11(16)8-14(15)18/h2-5,7-9,19-20H,6H2,1H3. The monoisotopic (exact) mass is 341 g/mol. The van der Waals surface area contributed by atoms with Gasteiger partial charge in [0, 0.05) is 10.5 Å². The summed E-state index contributed by atoms with van der Waals surface area (Å²) in [4.78, 5) is 0. The van der Waals surface area contributed by atoms with Crippen LogP contribution >= 0.6 is 15.9 Å². The fourth-order valence-corrected chi connectivity index (χ4v) is 2.37. The quantitative estimate of drug-likeness (QED) is 0.859. The Labute approximate surface area is 124 Å². The fourth-order valence-electron chi connectivity index (χ4n) is 1.96. The Morgan fingerprint density at radius 2 is 1.70 bits per heavy atom. The maximum absolute atomic E-state index is 13.7. The Morgan fingerprint density at radius 3 is 2.25 bits per heavy atom. The number of hydrogen-bond donors (Lipinski definition) is 2. The van der Waals surface area contributed by atoms with Crippen LogP contribution in [0, 0.1) is 11.6 Å². The van der Waals surface area contributed by atoms with Crippen molar-refractivity contribution in [3.63, 3.8) is 0 Å². The van der Waals surface area contributed by atoms with Crippen molar-refractivity contribution in [1.29, 1.82) is 0 Å². The molecule has 0 bridgehead atoms. The lowest BCUT2D eigenvalue weighted by Gasteiger charge is -2.16. The molecule has 1 unspecified atom stereocenters. The normalized spacial score (nSPS) is 12.2. The minimum absolute atomic E-state index is 0.125. The maximum Gasteiger partial charge on any atom is 0.150 e. The second-order valence-electron chi connectivity index (χ2n) is 4.66. The maximum atomic E-state index is 13.7. The van der Waals surface area contributed by atoms with E-state index in [4.69, 9.17) is 0 Å². The number of nitrogens with one attached hydrogen (secondary N) is 1. The summed E-state index contributed by atoms with van der Waals surface area (Å²) in [5.74, 6) is -1.07. The molecule has 2 N–H and O–H groups in total. The van der Waals surface area contributed by atoms with Crippen LogP contribution in [-0.4, -0.2) is 11.1 Å². The van der Waals surface area contributed by atoms with E-state index in [1.165, 1.54) is 12.1 Å². The summed E-state index contributed by atoms with van der Waals surface area (Å²) in [5, 5.41) is 12.0. The van der Waals surface area contributed by atoms with E-state index in [-0.39, 0.29) is 17.5 Å². The molecule has 0 saturated heterocycles. The largest absolute Gasteiger partial charge is 0.508 e. The predicted octanol–water partition coefficient (Wildman–Crippen LogP) is 4.48. The number of rotatable bonds is 4. The summed E-state index contributed by atoms with van der Waals surface area (Å²) in [7, 11) is 0. The van der Waals surface area contributed by atoms with Gasteiger partial charge >= 0.3 is 0 Å². The second kappa shape index (κ2) is 6.22. The molecule has 0 aliphatic carbocycles. The van der Waals surface area contributed by atoms with Gasteiger partial charge in [-0.3, -0.25) is 0 Å². The lowest BCUT2D eigenvalue weighted by molar-refractivity contribution is 0.475. The van der Waals surface area contributed by atoms with E-state index >= 15 is 0 Å². The van der Waals surface area contributed by atoms with E-state index in [1.807, 2.05) is 6.92 Å². The number of halogens is 3. The number of anilines is 1. The first-order valence-electron chi connectivity index (χ1n) is 6.14. The van der Waals surface area contributed by atoms with Crippen molar-refractivity contribution in [3.8, 4) is 5.75 Å². The van der Waals surface area contributed by atoms with Gasteiger partial charge in [-0.15, -0.1) is 0 Å². The zero-order valence-corrected chi connectivity index (χ0v) is 12.4. The van der Waals surface area contributed by atoms with Gasteiger partial charge < -0.3 is 10.4 Å². The molecule has 1 atom stereocenters. The van der Waals surface area contributed by atoms with Gasteiger partial charge in [0.15, 0.2) is 0 Å². The van der Waals surface area contributed by atoms with Gasteiger partial charge in [0.1, 0.15) is 23.1 Å². The average molecular weight is 342 g/mol. The zero-order valence-electron chi connectivity index (χ0n) is 10.8. The van der Waals surface area contributed by atoms with Crippen LogP contribution in [0.5, 0.6) is 5.75 Å². The zero-order chi connectivity index (χ0) is 14.7. The highest BCUT2D eigenvalue weighted by atomic mass is 79.9. The van der Waals surface area contributed by atoms with Crippen LogP contribution in [0.1, 0.15) is 12.5 Å². The van der Waals surface area contributed by atoms with E-state index in [1.54, 1.807) is 24.3 Å². The van der Waals surface area contributed by atoms with Gasteiger partial charge in [-0.05, 0) is 43.2 Å². The molecular weight excluding hydrogens is 328 g/mol. The molecule has 0 heterocycles. The molecule has 0 spiro atoms. The first kappa shape index (κ1) is 14.8. The Balaban J connectivity index is 2.08. The topological polar surface area (TPSA) is 32.3 Å². The van der Waals surface area contributed by atoms with E-state index in [9.17, 15) is 13.9 Å². The van der Waals surface area contributed by atoms with E-state index in [0.29, 0.717) is 10.9 Å². The van der Waals surface area contributed by atoms with Gasteiger partial charge in [0.2, 0.25) is 0 Å². The van der Waals surface area contributed by atoms with E-state index in [0.717, 1.165) is 5.56 Å². The lowest BCUT2D eigenvalue weighted by Crippen LogP contribution is -2.19. The fraction of sp³-hybridized carbons (Fsp3) is 0.200. The first-order chi connectivity index (χ1) is 9.45. The highest BCUT2D eigenvalue weighted by molar-refractivity contribution is 9.10. The minimum atomic E-state index is -0.630. The highest BCUT2D eigenvalue weighted by Gasteiger charge is 2.13. The second-order valence-corrected chi connectivity index (χ2v) is 5.58. The van der Waals surface area contributed by atoms with Gasteiger partial charge in [0.25, 0.3) is 0 Å². The van der Waals surface area contributed by atoms with E-state index < -0.39 is 11.6 Å². The molecule has 0 aliphatic rings. The third kappa shape index (κ3) is 3.70. The molecule has 0 radical (unpaired) electrons. The molecule has 2 aromatic rings. The van der Waals surface area contributed by atoms with Crippen molar-refractivity contribution in [2.45, 2.75) is 19.4 Å². The van der Waals surface area contributed by atoms with E-state index in [2.05, 4.69) is 21.2 Å². The molecule has 0 fully saturated rings. The van der Waals surface area contributed by atoms with Crippen molar-refractivity contribution >= 4 is 21.6 Å². The van der Waals surface area contributed by atoms with Crippen LogP contribution in [0.2, 0.25) is 0 Å². The molecule has 20 heavy (non-hydrogen) atoms. The van der Waals surface area contributed by atoms with Crippen LogP contribution < -0.4 is 5.32 Å². The van der Waals surface area contributed by atoms with Crippen LogP contribution in [-0.2, 0) is 6.42 Å². The van der Waals surface area contributed by atoms with Crippen molar-refractivity contribution in [1.82, 2.24) is 0 Å². The molecular formula is C15H14BrF2NO. The Kier molecular flexibility index (Phi) is 4.60. The highest BCUT2D eigenvalue weighted by Crippen LogP contribution is 2.25. The third-order valence-electron chi connectivity index (χ3n) is 2.88. The summed E-state index contributed by atoms with van der Waals surface area (Å²) in [6.07, 6.45) is 0.592. The Hall–Kier alpha value is -1.62. The Bertz CT molecular complexity index is 578. The number of phenols is 1. The average Bonchev–Trinajstić information content (AvgIpc) is 2.36. The smallest absolute Gasteiger partial charge is 0.150 e. The Morgan fingerprint density at radius 1 is 1.15 bits per heavy atom. The SMILES string of the molecule is CC(Cc1ccc(O)cc1)Nc1c(F)cc(Br)cc1F. The summed E-state index contributed by atoms with van der Waals surface area (Å²) in [6, 6.07) is 9.02. The van der Waals surface area contributed by atoms with Gasteiger partial charge in [-0.25, -0.2) is 8.78 Å². The molecule has 2 aromatic carbocycles. The van der Waals surface area contributed by atoms with Crippen molar-refractivity contribution in [2.75, 3.05) is 5.32 Å². The number of benzene rings is 2. The summed E-state index contributed by atoms with van der Waals surface area (Å²) in [5.41, 5.74) is 0.847. The van der Waals surface area contributed by atoms with Gasteiger partial charge in [-0.1, -0.05) is 28.1 Å². The number of phenolic OH excluding ortho intramolecular Hbond substituents is 1. The molecule has 106 valence electrons. The van der Waals surface area contributed by atoms with Crippen molar-refractivity contribution in [2.24, 2.45) is 0 Å². The predicted molar refractivity (Wildman–Crippen MR) is 79.0 cm³/mol. The molecule has 0 amide bonds. The molecule has 0 saturated carbocycles. The summed E-state index contributed by atoms with van der Waals surface area (Å²) >= 11 is 3.04. The van der Waals surface area contributed by atoms with Crippen LogP contribution in [0.15, 0.2) is 40.9 Å². The van der Waals surface area contributed by atoms with Crippen LogP contribution in [0.25, 0.3) is 0 Å². The summed E-state index contributed by atoms with van der Waals surface area (Å²) < 4.78 is 27.8. The number of hydrogen-bond acceptors (Lipinski definition) is 2. The molecule has 0 aliphatic heterocycles. The van der Waals surface area contributed by atoms with Crippen LogP contribution in [0.3, 0.4) is 0 Å². The number of aromatic hydroxyl groups is 1. The van der Waals surface area contributed by atoms with Crippen molar-refractivity contribution < 1.29 is 13.9 Å². The van der Waals surface area contributed by atoms with Gasteiger partial charge in [-0.2, -0.15) is 0 Å². The third-order valence-corrected chi connectivity index (χ3v) is 3.33. The van der Waals surface area contributed by atoms with Gasteiger partial charge in [0.05, 0.1) is 0 Å². The first-order valence-corrected chi connectivity index (χ1v) is 6.94. The molecule has 0 aromatic heterocycles. The van der Waals surface area contributed by atoms with Crippen molar-refractivity contribution in [3.05, 3.63) is 58.1 Å². The summed E-state index contributed by atoms with van der Waals surface area (Å²) in [6.45, 7) is 1.84. The van der Waals surface area contributed by atoms with Crippen LogP contribution in [0.4, 0.5) is 14.5 Å². The molecule has 2 rings (SSSR count). The lowest BCUT2D eigenvalue weighted by atomic mass is 10.1. The molecule has 5 heteroatoms. The minimum Gasteiger partial charge on any atom is -0.508 e. The molecule has 2 nitrogen and oxygen atoms in total.